The number of halogens is 1. The molecule has 0 saturated carbocycles. The van der Waals surface area contributed by atoms with Crippen molar-refractivity contribution in [1.29, 1.82) is 0 Å². The van der Waals surface area contributed by atoms with Crippen LogP contribution in [-0.4, -0.2) is 25.6 Å². The molecule has 0 amide bonds. The number of likely N-dealkylation sites (N-methyl/N-ethyl adjacent to an activating group) is 1. The second kappa shape index (κ2) is 7.57. The molecule has 2 aromatic rings. The highest BCUT2D eigenvalue weighted by atomic mass is 79.9. The van der Waals surface area contributed by atoms with Gasteiger partial charge in [-0.1, -0.05) is 19.1 Å². The van der Waals surface area contributed by atoms with Crippen molar-refractivity contribution >= 4 is 21.6 Å². The summed E-state index contributed by atoms with van der Waals surface area (Å²) in [6.07, 6.45) is 4.68. The fourth-order valence-corrected chi connectivity index (χ4v) is 2.77. The molecule has 1 N–H and O–H groups in total. The second-order valence-corrected chi connectivity index (χ2v) is 6.23. The summed E-state index contributed by atoms with van der Waals surface area (Å²) >= 11 is 3.48. The Morgan fingerprint density at radius 2 is 1.90 bits per heavy atom. The van der Waals surface area contributed by atoms with Crippen molar-refractivity contribution in [3.05, 3.63) is 58.3 Å². The zero-order valence-electron chi connectivity index (χ0n) is 12.8. The Morgan fingerprint density at radius 1 is 1.19 bits per heavy atom. The van der Waals surface area contributed by atoms with E-state index in [0.717, 1.165) is 17.4 Å². The van der Waals surface area contributed by atoms with Gasteiger partial charge in [0.25, 0.3) is 0 Å². The lowest BCUT2D eigenvalue weighted by Gasteiger charge is -2.20. The molecule has 2 rings (SSSR count). The van der Waals surface area contributed by atoms with E-state index >= 15 is 0 Å². The number of hydrogen-bond acceptors (Lipinski definition) is 3. The Hall–Kier alpha value is -1.39. The van der Waals surface area contributed by atoms with Crippen LogP contribution in [0.4, 0.5) is 5.69 Å². The monoisotopic (exact) mass is 347 g/mol. The molecule has 1 aromatic carbocycles. The van der Waals surface area contributed by atoms with Crippen molar-refractivity contribution in [2.24, 2.45) is 0 Å². The van der Waals surface area contributed by atoms with E-state index in [1.165, 1.54) is 16.8 Å². The summed E-state index contributed by atoms with van der Waals surface area (Å²) in [7, 11) is 4.12. The number of pyridine rings is 1. The summed E-state index contributed by atoms with van der Waals surface area (Å²) < 4.78 is 1.03. The first-order valence-corrected chi connectivity index (χ1v) is 7.99. The molecule has 1 unspecified atom stereocenters. The quantitative estimate of drug-likeness (QED) is 0.861. The maximum Gasteiger partial charge on any atom is 0.0410 e. The molecule has 0 aliphatic rings. The average Bonchev–Trinajstić information content (AvgIpc) is 2.47. The third-order valence-corrected chi connectivity index (χ3v) is 3.90. The molecule has 0 radical (unpaired) electrons. The van der Waals surface area contributed by atoms with E-state index in [-0.39, 0.29) is 0 Å². The van der Waals surface area contributed by atoms with E-state index in [1.54, 1.807) is 0 Å². The number of nitrogens with one attached hydrogen (secondary N) is 1. The number of nitrogens with zero attached hydrogens (tertiary/aromatic N) is 2. The van der Waals surface area contributed by atoms with Crippen LogP contribution in [0.5, 0.6) is 0 Å². The molecule has 4 heteroatoms. The molecule has 21 heavy (non-hydrogen) atoms. The number of benzene rings is 1. The van der Waals surface area contributed by atoms with E-state index in [1.807, 2.05) is 12.4 Å². The van der Waals surface area contributed by atoms with Gasteiger partial charge in [0.2, 0.25) is 0 Å². The van der Waals surface area contributed by atoms with E-state index < -0.39 is 0 Å². The molecular formula is C17H22BrN3. The Morgan fingerprint density at radius 3 is 2.48 bits per heavy atom. The summed E-state index contributed by atoms with van der Waals surface area (Å²) in [5.74, 6) is 0. The van der Waals surface area contributed by atoms with Crippen LogP contribution in [0.25, 0.3) is 0 Å². The van der Waals surface area contributed by atoms with Crippen LogP contribution in [0.1, 0.15) is 24.1 Å². The third kappa shape index (κ3) is 4.55. The Bertz CT molecular complexity index is 567. The maximum atomic E-state index is 4.25. The molecule has 1 aromatic heterocycles. The predicted octanol–water partition coefficient (Wildman–Crippen LogP) is 3.80. The minimum Gasteiger partial charge on any atom is -0.378 e. The first-order chi connectivity index (χ1) is 10.1. The molecule has 0 aliphatic heterocycles. The Kier molecular flexibility index (Phi) is 5.76. The molecule has 0 spiro atoms. The molecule has 112 valence electrons. The van der Waals surface area contributed by atoms with Crippen molar-refractivity contribution < 1.29 is 0 Å². The van der Waals surface area contributed by atoms with Crippen LogP contribution in [0.3, 0.4) is 0 Å². The summed E-state index contributed by atoms with van der Waals surface area (Å²) in [5.41, 5.74) is 3.76. The zero-order chi connectivity index (χ0) is 15.2. The first kappa shape index (κ1) is 16.0. The van der Waals surface area contributed by atoms with Gasteiger partial charge in [0.05, 0.1) is 0 Å². The number of rotatable bonds is 6. The molecule has 0 saturated heterocycles. The van der Waals surface area contributed by atoms with Gasteiger partial charge >= 0.3 is 0 Å². The predicted molar refractivity (Wildman–Crippen MR) is 92.8 cm³/mol. The molecule has 1 atom stereocenters. The normalized spacial score (nSPS) is 12.2. The summed E-state index contributed by atoms with van der Waals surface area (Å²) in [6.45, 7) is 3.09. The topological polar surface area (TPSA) is 28.2 Å². The van der Waals surface area contributed by atoms with Crippen LogP contribution in [0.15, 0.2) is 47.2 Å². The summed E-state index contributed by atoms with van der Waals surface area (Å²) in [4.78, 5) is 6.36. The highest BCUT2D eigenvalue weighted by molar-refractivity contribution is 9.10. The lowest BCUT2D eigenvalue weighted by molar-refractivity contribution is 0.549. The van der Waals surface area contributed by atoms with E-state index in [9.17, 15) is 0 Å². The molecule has 0 bridgehead atoms. The fraction of sp³-hybridized carbons (Fsp3) is 0.353. The lowest BCUT2D eigenvalue weighted by atomic mass is 9.99. The van der Waals surface area contributed by atoms with Crippen LogP contribution in [0, 0.1) is 0 Å². The fourth-order valence-electron chi connectivity index (χ4n) is 2.36. The molecule has 0 aliphatic carbocycles. The van der Waals surface area contributed by atoms with Gasteiger partial charge in [-0.25, -0.2) is 0 Å². The largest absolute Gasteiger partial charge is 0.378 e. The van der Waals surface area contributed by atoms with Crippen molar-refractivity contribution in [3.63, 3.8) is 0 Å². The minimum absolute atomic E-state index is 0.308. The Balaban J connectivity index is 2.18. The van der Waals surface area contributed by atoms with Gasteiger partial charge in [-0.15, -0.1) is 0 Å². The van der Waals surface area contributed by atoms with Gasteiger partial charge in [0.15, 0.2) is 0 Å². The average molecular weight is 348 g/mol. The number of hydrogen-bond donors (Lipinski definition) is 1. The van der Waals surface area contributed by atoms with Crippen LogP contribution < -0.4 is 10.2 Å². The standard InChI is InChI=1S/C17H22BrN3/c1-4-20-17(10-13-9-15(18)12-19-11-13)14-5-7-16(8-6-14)21(2)3/h5-9,11-12,17,20H,4,10H2,1-3H3. The molecule has 1 heterocycles. The number of aromatic nitrogens is 1. The van der Waals surface area contributed by atoms with Crippen LogP contribution >= 0.6 is 15.9 Å². The minimum atomic E-state index is 0.308. The van der Waals surface area contributed by atoms with Gasteiger partial charge in [-0.2, -0.15) is 0 Å². The SMILES string of the molecule is CCNC(Cc1cncc(Br)c1)c1ccc(N(C)C)cc1. The van der Waals surface area contributed by atoms with Crippen molar-refractivity contribution in [1.82, 2.24) is 10.3 Å². The van der Waals surface area contributed by atoms with E-state index in [0.29, 0.717) is 6.04 Å². The van der Waals surface area contributed by atoms with Gasteiger partial charge < -0.3 is 10.2 Å². The van der Waals surface area contributed by atoms with Crippen molar-refractivity contribution in [2.75, 3.05) is 25.5 Å². The summed E-state index contributed by atoms with van der Waals surface area (Å²) in [5, 5.41) is 3.56. The smallest absolute Gasteiger partial charge is 0.0410 e. The zero-order valence-corrected chi connectivity index (χ0v) is 14.4. The van der Waals surface area contributed by atoms with Gasteiger partial charge in [0, 0.05) is 42.7 Å². The maximum absolute atomic E-state index is 4.25. The Labute approximate surface area is 135 Å². The van der Waals surface area contributed by atoms with Crippen LogP contribution in [0.2, 0.25) is 0 Å². The highest BCUT2D eigenvalue weighted by Gasteiger charge is 2.12. The van der Waals surface area contributed by atoms with Gasteiger partial charge in [0.1, 0.15) is 0 Å². The highest BCUT2D eigenvalue weighted by Crippen LogP contribution is 2.22. The molecule has 3 nitrogen and oxygen atoms in total. The number of anilines is 1. The molecular weight excluding hydrogens is 326 g/mol. The van der Waals surface area contributed by atoms with E-state index in [4.69, 9.17) is 0 Å². The van der Waals surface area contributed by atoms with Crippen molar-refractivity contribution in [2.45, 2.75) is 19.4 Å². The second-order valence-electron chi connectivity index (χ2n) is 5.31. The van der Waals surface area contributed by atoms with Crippen LogP contribution in [-0.2, 0) is 6.42 Å². The van der Waals surface area contributed by atoms with Gasteiger partial charge in [-0.3, -0.25) is 4.98 Å². The van der Waals surface area contributed by atoms with E-state index in [2.05, 4.69) is 82.5 Å². The third-order valence-electron chi connectivity index (χ3n) is 3.46. The van der Waals surface area contributed by atoms with Gasteiger partial charge in [-0.05, 0) is 58.2 Å². The first-order valence-electron chi connectivity index (χ1n) is 7.20. The lowest BCUT2D eigenvalue weighted by Crippen LogP contribution is -2.23. The summed E-state index contributed by atoms with van der Waals surface area (Å²) in [6, 6.07) is 11.2. The van der Waals surface area contributed by atoms with Crippen molar-refractivity contribution in [3.8, 4) is 0 Å². The molecule has 0 fully saturated rings.